The van der Waals surface area contributed by atoms with Crippen LogP contribution >= 0.6 is 0 Å². The second kappa shape index (κ2) is 6.51. The summed E-state index contributed by atoms with van der Waals surface area (Å²) in [6, 6.07) is 1.76. The van der Waals surface area contributed by atoms with Gasteiger partial charge in [-0.3, -0.25) is 0 Å². The highest BCUT2D eigenvalue weighted by Crippen LogP contribution is 2.42. The van der Waals surface area contributed by atoms with Crippen molar-refractivity contribution < 1.29 is 14.6 Å². The standard InChI is InChI=1S/C17H23N5O3/c1-24-15-7-16(25-2)20-17(19-15)22-8-11-5-13(21-4-3-18-10-21)14(23)6-12(11)9-22/h3-4,7,10-14,23H,5-6,8-9H2,1-2H3/t11-,12+,13-,14-/m1/s1. The van der Waals surface area contributed by atoms with Crippen LogP contribution in [0.1, 0.15) is 18.9 Å². The first-order chi connectivity index (χ1) is 12.2. The van der Waals surface area contributed by atoms with E-state index in [1.807, 2.05) is 10.8 Å². The van der Waals surface area contributed by atoms with E-state index in [-0.39, 0.29) is 12.1 Å². The van der Waals surface area contributed by atoms with Gasteiger partial charge in [-0.05, 0) is 24.7 Å². The van der Waals surface area contributed by atoms with Gasteiger partial charge in [0, 0.05) is 25.5 Å². The summed E-state index contributed by atoms with van der Waals surface area (Å²) >= 11 is 0. The lowest BCUT2D eigenvalue weighted by molar-refractivity contribution is 0.0358. The molecule has 4 rings (SSSR count). The largest absolute Gasteiger partial charge is 0.481 e. The van der Waals surface area contributed by atoms with E-state index in [0.29, 0.717) is 29.5 Å². The molecule has 0 aromatic carbocycles. The predicted octanol–water partition coefficient (Wildman–Crippen LogP) is 1.14. The van der Waals surface area contributed by atoms with E-state index in [9.17, 15) is 5.11 Å². The number of hydrogen-bond donors (Lipinski definition) is 1. The first-order valence-corrected chi connectivity index (χ1v) is 8.55. The number of imidazole rings is 1. The predicted molar refractivity (Wildman–Crippen MR) is 90.8 cm³/mol. The molecule has 8 nitrogen and oxygen atoms in total. The van der Waals surface area contributed by atoms with Crippen molar-refractivity contribution >= 4 is 5.95 Å². The first-order valence-electron chi connectivity index (χ1n) is 8.55. The first kappa shape index (κ1) is 16.1. The van der Waals surface area contributed by atoms with Crippen LogP contribution in [0.25, 0.3) is 0 Å². The van der Waals surface area contributed by atoms with Crippen molar-refractivity contribution in [2.24, 2.45) is 11.8 Å². The molecule has 1 aliphatic heterocycles. The van der Waals surface area contributed by atoms with Gasteiger partial charge in [-0.1, -0.05) is 0 Å². The van der Waals surface area contributed by atoms with Crippen molar-refractivity contribution in [3.8, 4) is 11.8 Å². The number of hydrogen-bond acceptors (Lipinski definition) is 7. The summed E-state index contributed by atoms with van der Waals surface area (Å²) in [4.78, 5) is 15.2. The Morgan fingerprint density at radius 2 is 1.76 bits per heavy atom. The van der Waals surface area contributed by atoms with Gasteiger partial charge < -0.3 is 24.0 Å². The zero-order chi connectivity index (χ0) is 17.4. The summed E-state index contributed by atoms with van der Waals surface area (Å²) in [6.45, 7) is 1.72. The molecule has 2 fully saturated rings. The second-order valence-electron chi connectivity index (χ2n) is 6.79. The van der Waals surface area contributed by atoms with Crippen molar-refractivity contribution in [3.05, 3.63) is 24.8 Å². The Kier molecular flexibility index (Phi) is 4.20. The third kappa shape index (κ3) is 3.02. The molecule has 1 saturated heterocycles. The molecule has 1 aliphatic carbocycles. The minimum absolute atomic E-state index is 0.0875. The lowest BCUT2D eigenvalue weighted by atomic mass is 9.77. The Labute approximate surface area is 146 Å². The quantitative estimate of drug-likeness (QED) is 0.889. The van der Waals surface area contributed by atoms with Crippen LogP contribution in [0.15, 0.2) is 24.8 Å². The van der Waals surface area contributed by atoms with Gasteiger partial charge in [0.05, 0.1) is 38.8 Å². The van der Waals surface area contributed by atoms with Gasteiger partial charge in [0.15, 0.2) is 0 Å². The monoisotopic (exact) mass is 345 g/mol. The third-order valence-electron chi connectivity index (χ3n) is 5.39. The highest BCUT2D eigenvalue weighted by molar-refractivity contribution is 5.38. The van der Waals surface area contributed by atoms with Gasteiger partial charge >= 0.3 is 0 Å². The Hall–Kier alpha value is -2.35. The number of anilines is 1. The van der Waals surface area contributed by atoms with Crippen LogP contribution in [0.3, 0.4) is 0 Å². The summed E-state index contributed by atoms with van der Waals surface area (Å²) in [5, 5.41) is 10.6. The summed E-state index contributed by atoms with van der Waals surface area (Å²) in [5.41, 5.74) is 0. The van der Waals surface area contributed by atoms with Crippen LogP contribution in [0.5, 0.6) is 11.8 Å². The van der Waals surface area contributed by atoms with E-state index in [1.54, 1.807) is 32.8 Å². The molecule has 0 radical (unpaired) electrons. The molecule has 3 heterocycles. The van der Waals surface area contributed by atoms with E-state index < -0.39 is 0 Å². The number of rotatable bonds is 4. The molecular formula is C17H23N5O3. The molecule has 0 spiro atoms. The van der Waals surface area contributed by atoms with Gasteiger partial charge in [0.25, 0.3) is 0 Å². The number of fused-ring (bicyclic) bond motifs is 1. The van der Waals surface area contributed by atoms with Crippen molar-refractivity contribution in [1.82, 2.24) is 19.5 Å². The van der Waals surface area contributed by atoms with E-state index in [1.165, 1.54) is 0 Å². The van der Waals surface area contributed by atoms with E-state index >= 15 is 0 Å². The molecule has 0 unspecified atom stereocenters. The molecular weight excluding hydrogens is 322 g/mol. The minimum atomic E-state index is -0.351. The topological polar surface area (TPSA) is 85.5 Å². The Bertz CT molecular complexity index is 701. The lowest BCUT2D eigenvalue weighted by Crippen LogP contribution is -2.35. The van der Waals surface area contributed by atoms with E-state index in [0.717, 1.165) is 25.9 Å². The molecule has 25 heavy (non-hydrogen) atoms. The second-order valence-corrected chi connectivity index (χ2v) is 6.79. The SMILES string of the molecule is COc1cc(OC)nc(N2C[C@H]3C[C@@H](n4ccnc4)[C@H](O)C[C@H]3C2)n1. The van der Waals surface area contributed by atoms with Crippen LogP contribution in [0, 0.1) is 11.8 Å². The summed E-state index contributed by atoms with van der Waals surface area (Å²) in [5.74, 6) is 2.55. The normalized spacial score (nSPS) is 28.7. The number of ether oxygens (including phenoxy) is 2. The molecule has 2 aliphatic rings. The minimum Gasteiger partial charge on any atom is -0.481 e. The summed E-state index contributed by atoms with van der Waals surface area (Å²) in [6.07, 6.45) is 6.84. The maximum atomic E-state index is 10.6. The molecule has 134 valence electrons. The third-order valence-corrected chi connectivity index (χ3v) is 5.39. The average molecular weight is 345 g/mol. The highest BCUT2D eigenvalue weighted by Gasteiger charge is 2.43. The van der Waals surface area contributed by atoms with Crippen LogP contribution in [0.4, 0.5) is 5.95 Å². The van der Waals surface area contributed by atoms with Crippen molar-refractivity contribution in [1.29, 1.82) is 0 Å². The molecule has 0 amide bonds. The summed E-state index contributed by atoms with van der Waals surface area (Å²) in [7, 11) is 3.17. The number of methoxy groups -OCH3 is 2. The molecule has 0 bridgehead atoms. The van der Waals surface area contributed by atoms with Crippen LogP contribution in [0.2, 0.25) is 0 Å². The fourth-order valence-electron chi connectivity index (χ4n) is 4.10. The number of aromatic nitrogens is 4. The van der Waals surface area contributed by atoms with E-state index in [4.69, 9.17) is 9.47 Å². The molecule has 1 saturated carbocycles. The Morgan fingerprint density at radius 1 is 1.08 bits per heavy atom. The van der Waals surface area contributed by atoms with Gasteiger partial charge in [0.2, 0.25) is 17.7 Å². The van der Waals surface area contributed by atoms with Crippen LogP contribution in [-0.2, 0) is 0 Å². The Morgan fingerprint density at radius 3 is 2.36 bits per heavy atom. The van der Waals surface area contributed by atoms with Gasteiger partial charge in [0.1, 0.15) is 0 Å². The molecule has 8 heteroatoms. The number of aliphatic hydroxyl groups is 1. The average Bonchev–Trinajstić information content (AvgIpc) is 3.29. The Balaban J connectivity index is 1.53. The van der Waals surface area contributed by atoms with Crippen molar-refractivity contribution in [2.45, 2.75) is 25.0 Å². The van der Waals surface area contributed by atoms with Crippen molar-refractivity contribution in [3.63, 3.8) is 0 Å². The van der Waals surface area contributed by atoms with Gasteiger partial charge in [-0.15, -0.1) is 0 Å². The molecule has 2 aromatic heterocycles. The zero-order valence-corrected chi connectivity index (χ0v) is 14.4. The van der Waals surface area contributed by atoms with Gasteiger partial charge in [-0.25, -0.2) is 4.98 Å². The molecule has 4 atom stereocenters. The maximum Gasteiger partial charge on any atom is 0.231 e. The highest BCUT2D eigenvalue weighted by atomic mass is 16.5. The fourth-order valence-corrected chi connectivity index (χ4v) is 4.10. The fraction of sp³-hybridized carbons (Fsp3) is 0.588. The summed E-state index contributed by atoms with van der Waals surface area (Å²) < 4.78 is 12.5. The van der Waals surface area contributed by atoms with E-state index in [2.05, 4.69) is 19.9 Å². The molecule has 2 aromatic rings. The van der Waals surface area contributed by atoms with Crippen LogP contribution < -0.4 is 14.4 Å². The van der Waals surface area contributed by atoms with Crippen LogP contribution in [-0.4, -0.2) is 58.0 Å². The number of aliphatic hydroxyl groups excluding tert-OH is 1. The lowest BCUT2D eigenvalue weighted by Gasteiger charge is -2.35. The maximum absolute atomic E-state index is 10.6. The zero-order valence-electron chi connectivity index (χ0n) is 14.4. The molecule has 1 N–H and O–H groups in total. The smallest absolute Gasteiger partial charge is 0.231 e. The van der Waals surface area contributed by atoms with Gasteiger partial charge in [-0.2, -0.15) is 9.97 Å². The number of nitrogens with zero attached hydrogens (tertiary/aromatic N) is 5. The van der Waals surface area contributed by atoms with Crippen molar-refractivity contribution in [2.75, 3.05) is 32.2 Å².